The summed E-state index contributed by atoms with van der Waals surface area (Å²) in [6.45, 7) is 1.61. The second-order valence-electron chi connectivity index (χ2n) is 3.88. The summed E-state index contributed by atoms with van der Waals surface area (Å²) in [6, 6.07) is 7.12. The average molecular weight is 247 g/mol. The van der Waals surface area contributed by atoms with E-state index in [0.29, 0.717) is 16.8 Å². The standard InChI is InChI=1S/C13H10FNO3/c1-7-6-8(2-4-10(7)14)11-5-3-9(13(17)18)12(16)15-11/h2-6H,1H3,(H,15,16)(H,17,18). The number of benzene rings is 1. The van der Waals surface area contributed by atoms with Gasteiger partial charge in [-0.3, -0.25) is 4.79 Å². The maximum absolute atomic E-state index is 13.1. The van der Waals surface area contributed by atoms with Crippen LogP contribution in [0.15, 0.2) is 35.1 Å². The van der Waals surface area contributed by atoms with E-state index in [0.717, 1.165) is 0 Å². The van der Waals surface area contributed by atoms with Crippen molar-refractivity contribution in [3.05, 3.63) is 57.6 Å². The number of carbonyl (C=O) groups is 1. The third-order valence-electron chi connectivity index (χ3n) is 2.61. The summed E-state index contributed by atoms with van der Waals surface area (Å²) in [5, 5.41) is 8.74. The molecule has 2 N–H and O–H groups in total. The number of hydrogen-bond acceptors (Lipinski definition) is 2. The molecule has 2 aromatic rings. The van der Waals surface area contributed by atoms with E-state index in [4.69, 9.17) is 5.11 Å². The molecule has 0 atom stereocenters. The number of pyridine rings is 1. The lowest BCUT2D eigenvalue weighted by molar-refractivity contribution is 0.0695. The molecule has 0 saturated heterocycles. The molecule has 0 aliphatic heterocycles. The van der Waals surface area contributed by atoms with Gasteiger partial charge in [0.1, 0.15) is 11.4 Å². The topological polar surface area (TPSA) is 70.2 Å². The summed E-state index contributed by atoms with van der Waals surface area (Å²) < 4.78 is 13.1. The summed E-state index contributed by atoms with van der Waals surface area (Å²) in [5.41, 5.74) is 0.534. The first-order valence-corrected chi connectivity index (χ1v) is 5.22. The smallest absolute Gasteiger partial charge is 0.341 e. The molecule has 4 nitrogen and oxygen atoms in total. The lowest BCUT2D eigenvalue weighted by Gasteiger charge is -2.04. The van der Waals surface area contributed by atoms with Crippen molar-refractivity contribution in [1.29, 1.82) is 0 Å². The van der Waals surface area contributed by atoms with Gasteiger partial charge in [0.05, 0.1) is 0 Å². The molecule has 0 spiro atoms. The molecule has 2 rings (SSSR count). The zero-order valence-corrected chi connectivity index (χ0v) is 9.53. The van der Waals surface area contributed by atoms with E-state index in [1.54, 1.807) is 13.0 Å². The highest BCUT2D eigenvalue weighted by molar-refractivity contribution is 5.87. The van der Waals surface area contributed by atoms with E-state index in [-0.39, 0.29) is 11.4 Å². The molecule has 1 aromatic carbocycles. The quantitative estimate of drug-likeness (QED) is 0.854. The van der Waals surface area contributed by atoms with Crippen molar-refractivity contribution in [2.24, 2.45) is 0 Å². The third kappa shape index (κ3) is 2.15. The van der Waals surface area contributed by atoms with Gasteiger partial charge < -0.3 is 10.1 Å². The number of hydrogen-bond donors (Lipinski definition) is 2. The maximum Gasteiger partial charge on any atom is 0.341 e. The number of carboxylic acid groups (broad SMARTS) is 1. The summed E-state index contributed by atoms with van der Waals surface area (Å²) in [4.78, 5) is 24.7. The molecule has 0 aliphatic carbocycles. The molecule has 0 amide bonds. The highest BCUT2D eigenvalue weighted by Crippen LogP contribution is 2.19. The first kappa shape index (κ1) is 12.0. The summed E-state index contributed by atoms with van der Waals surface area (Å²) >= 11 is 0. The average Bonchev–Trinajstić information content (AvgIpc) is 2.32. The van der Waals surface area contributed by atoms with Crippen LogP contribution in [0.2, 0.25) is 0 Å². The van der Waals surface area contributed by atoms with Crippen molar-refractivity contribution in [1.82, 2.24) is 4.98 Å². The van der Waals surface area contributed by atoms with Crippen LogP contribution >= 0.6 is 0 Å². The van der Waals surface area contributed by atoms with Crippen molar-refractivity contribution < 1.29 is 14.3 Å². The van der Waals surface area contributed by atoms with Gasteiger partial charge in [-0.05, 0) is 48.4 Å². The second kappa shape index (κ2) is 4.44. The number of aromatic carboxylic acids is 1. The van der Waals surface area contributed by atoms with E-state index >= 15 is 0 Å². The molecule has 92 valence electrons. The minimum absolute atomic E-state index is 0.322. The zero-order valence-electron chi connectivity index (χ0n) is 9.53. The maximum atomic E-state index is 13.1. The number of aromatic nitrogens is 1. The van der Waals surface area contributed by atoms with Crippen LogP contribution in [0.25, 0.3) is 11.3 Å². The van der Waals surface area contributed by atoms with Gasteiger partial charge >= 0.3 is 5.97 Å². The Balaban J connectivity index is 2.52. The molecule has 0 saturated carbocycles. The van der Waals surface area contributed by atoms with Crippen molar-refractivity contribution in [2.45, 2.75) is 6.92 Å². The fourth-order valence-electron chi connectivity index (χ4n) is 1.62. The SMILES string of the molecule is Cc1cc(-c2ccc(C(=O)O)c(=O)[nH]2)ccc1F. The summed E-state index contributed by atoms with van der Waals surface area (Å²) in [7, 11) is 0. The lowest BCUT2D eigenvalue weighted by atomic mass is 10.1. The van der Waals surface area contributed by atoms with Crippen molar-refractivity contribution in [3.8, 4) is 11.3 Å². The Morgan fingerprint density at radius 1 is 1.28 bits per heavy atom. The fourth-order valence-corrected chi connectivity index (χ4v) is 1.62. The van der Waals surface area contributed by atoms with Gasteiger partial charge in [-0.15, -0.1) is 0 Å². The zero-order chi connectivity index (χ0) is 13.3. The highest BCUT2D eigenvalue weighted by atomic mass is 19.1. The van der Waals surface area contributed by atoms with Gasteiger partial charge in [-0.25, -0.2) is 9.18 Å². The number of aromatic amines is 1. The van der Waals surface area contributed by atoms with Crippen LogP contribution in [-0.2, 0) is 0 Å². The number of aryl methyl sites for hydroxylation is 1. The molecule has 0 aliphatic rings. The lowest BCUT2D eigenvalue weighted by Crippen LogP contribution is -2.17. The highest BCUT2D eigenvalue weighted by Gasteiger charge is 2.09. The van der Waals surface area contributed by atoms with E-state index in [9.17, 15) is 14.0 Å². The van der Waals surface area contributed by atoms with E-state index in [2.05, 4.69) is 4.98 Å². The first-order chi connectivity index (χ1) is 8.49. The predicted molar refractivity (Wildman–Crippen MR) is 64.2 cm³/mol. The molecule has 1 heterocycles. The Morgan fingerprint density at radius 2 is 2.00 bits per heavy atom. The molecule has 0 fully saturated rings. The predicted octanol–water partition coefficient (Wildman–Crippen LogP) is 2.19. The Bertz CT molecular complexity index is 676. The van der Waals surface area contributed by atoms with Gasteiger partial charge in [0.25, 0.3) is 5.56 Å². The molecule has 0 radical (unpaired) electrons. The van der Waals surface area contributed by atoms with Gasteiger partial charge in [0, 0.05) is 5.69 Å². The number of H-pyrrole nitrogens is 1. The number of halogens is 1. The Labute approximate surface area is 102 Å². The van der Waals surface area contributed by atoms with Crippen LogP contribution < -0.4 is 5.56 Å². The Kier molecular flexibility index (Phi) is 2.97. The molecule has 18 heavy (non-hydrogen) atoms. The number of nitrogens with one attached hydrogen (secondary N) is 1. The molecule has 5 heteroatoms. The van der Waals surface area contributed by atoms with Crippen molar-refractivity contribution in [2.75, 3.05) is 0 Å². The largest absolute Gasteiger partial charge is 0.477 e. The van der Waals surface area contributed by atoms with E-state index < -0.39 is 11.5 Å². The summed E-state index contributed by atoms with van der Waals surface area (Å²) in [6.07, 6.45) is 0. The fraction of sp³-hybridized carbons (Fsp3) is 0.0769. The van der Waals surface area contributed by atoms with Gasteiger partial charge in [-0.2, -0.15) is 0 Å². The number of carboxylic acids is 1. The Morgan fingerprint density at radius 3 is 2.56 bits per heavy atom. The molecular weight excluding hydrogens is 237 g/mol. The van der Waals surface area contributed by atoms with Crippen LogP contribution in [0.4, 0.5) is 4.39 Å². The summed E-state index contributed by atoms with van der Waals surface area (Å²) in [5.74, 6) is -1.61. The van der Waals surface area contributed by atoms with Crippen LogP contribution in [0.3, 0.4) is 0 Å². The van der Waals surface area contributed by atoms with Crippen LogP contribution in [0.1, 0.15) is 15.9 Å². The van der Waals surface area contributed by atoms with Crippen LogP contribution in [-0.4, -0.2) is 16.1 Å². The second-order valence-corrected chi connectivity index (χ2v) is 3.88. The minimum atomic E-state index is -1.28. The third-order valence-corrected chi connectivity index (χ3v) is 2.61. The number of rotatable bonds is 2. The molecule has 1 aromatic heterocycles. The van der Waals surface area contributed by atoms with Gasteiger partial charge in [-0.1, -0.05) is 0 Å². The monoisotopic (exact) mass is 247 g/mol. The normalized spacial score (nSPS) is 10.3. The van der Waals surface area contributed by atoms with Gasteiger partial charge in [0.15, 0.2) is 0 Å². The van der Waals surface area contributed by atoms with Crippen LogP contribution in [0.5, 0.6) is 0 Å². The van der Waals surface area contributed by atoms with E-state index in [1.807, 2.05) is 0 Å². The van der Waals surface area contributed by atoms with Gasteiger partial charge in [0.2, 0.25) is 0 Å². The molecule has 0 bridgehead atoms. The molecule has 0 unspecified atom stereocenters. The van der Waals surface area contributed by atoms with Crippen molar-refractivity contribution >= 4 is 5.97 Å². The van der Waals surface area contributed by atoms with Crippen LogP contribution in [0, 0.1) is 12.7 Å². The van der Waals surface area contributed by atoms with E-state index in [1.165, 1.54) is 24.3 Å². The minimum Gasteiger partial charge on any atom is -0.477 e. The first-order valence-electron chi connectivity index (χ1n) is 5.22. The molecular formula is C13H10FNO3. The van der Waals surface area contributed by atoms with Crippen molar-refractivity contribution in [3.63, 3.8) is 0 Å². The Hall–Kier alpha value is -2.43.